The average Bonchev–Trinajstić information content (AvgIpc) is 3.38. The molecule has 1 fully saturated rings. The zero-order chi connectivity index (χ0) is 22.9. The first-order valence-electron chi connectivity index (χ1n) is 10.9. The van der Waals surface area contributed by atoms with Gasteiger partial charge in [-0.1, -0.05) is 32.4 Å². The van der Waals surface area contributed by atoms with Gasteiger partial charge in [-0.2, -0.15) is 0 Å². The highest BCUT2D eigenvalue weighted by molar-refractivity contribution is 6.26. The summed E-state index contributed by atoms with van der Waals surface area (Å²) in [5, 5.41) is 21.1. The van der Waals surface area contributed by atoms with E-state index in [1.54, 1.807) is 19.1 Å². The van der Waals surface area contributed by atoms with E-state index >= 15 is 0 Å². The standard InChI is InChI=1S/C25H24O7/c1-4-11(2)8-9-16(28)31-22-18-13(23(30)25(3)24(22)32-25)10-15(27)19-17-12(21(29)20(18)19)6-5-7-14(17)26/h5-7,10-11,22,24,26-27H,4,8-9H2,1-3H3/t11-,22+,24-,25+/m0/s1. The van der Waals surface area contributed by atoms with Crippen LogP contribution >= 0.6 is 0 Å². The van der Waals surface area contributed by atoms with Crippen LogP contribution in [0.15, 0.2) is 24.3 Å². The molecule has 1 heterocycles. The number of esters is 1. The minimum Gasteiger partial charge on any atom is -0.507 e. The molecule has 2 N–H and O–H groups in total. The van der Waals surface area contributed by atoms with Crippen molar-refractivity contribution in [2.75, 3.05) is 0 Å². The van der Waals surface area contributed by atoms with Crippen molar-refractivity contribution in [2.45, 2.75) is 57.8 Å². The third kappa shape index (κ3) is 2.73. The molecule has 1 aliphatic heterocycles. The minimum absolute atomic E-state index is 0.0853. The number of carbonyl (C=O) groups is 3. The number of Topliss-reactive ketones (excluding diaryl/α,β-unsaturated/α-hetero) is 1. The van der Waals surface area contributed by atoms with Gasteiger partial charge in [0.25, 0.3) is 0 Å². The number of epoxide rings is 1. The Morgan fingerprint density at radius 3 is 2.62 bits per heavy atom. The maximum absolute atomic E-state index is 13.3. The number of benzene rings is 2. The van der Waals surface area contributed by atoms with Crippen molar-refractivity contribution in [3.05, 3.63) is 46.5 Å². The van der Waals surface area contributed by atoms with Crippen LogP contribution in [0.4, 0.5) is 0 Å². The molecule has 2 aliphatic carbocycles. The van der Waals surface area contributed by atoms with Crippen molar-refractivity contribution < 1.29 is 34.1 Å². The SMILES string of the molecule is CC[C@H](C)CCC(=O)O[C@@H]1c2c(cc(O)c3c2C(=O)c2cccc(O)c2-3)C(=O)[C@@]2(C)O[C@@H]12. The molecule has 0 unspecified atom stereocenters. The van der Waals surface area contributed by atoms with Gasteiger partial charge in [0.2, 0.25) is 0 Å². The Kier molecular flexibility index (Phi) is 4.47. The Bertz CT molecular complexity index is 1200. The van der Waals surface area contributed by atoms with Crippen molar-refractivity contribution in [1.29, 1.82) is 0 Å². The number of rotatable bonds is 5. The summed E-state index contributed by atoms with van der Waals surface area (Å²) in [6, 6.07) is 5.81. The van der Waals surface area contributed by atoms with E-state index in [9.17, 15) is 24.6 Å². The zero-order valence-electron chi connectivity index (χ0n) is 18.1. The Morgan fingerprint density at radius 1 is 1.16 bits per heavy atom. The topological polar surface area (TPSA) is 113 Å². The molecular weight excluding hydrogens is 412 g/mol. The summed E-state index contributed by atoms with van der Waals surface area (Å²) in [5.74, 6) is -1.30. The maximum atomic E-state index is 13.3. The molecule has 2 aromatic rings. The number of fused-ring (bicyclic) bond motifs is 6. The molecule has 166 valence electrons. The average molecular weight is 436 g/mol. The van der Waals surface area contributed by atoms with Crippen molar-refractivity contribution in [2.24, 2.45) is 5.92 Å². The first-order chi connectivity index (χ1) is 15.2. The summed E-state index contributed by atoms with van der Waals surface area (Å²) in [6.45, 7) is 5.73. The zero-order valence-corrected chi connectivity index (χ0v) is 18.1. The monoisotopic (exact) mass is 436 g/mol. The van der Waals surface area contributed by atoms with Crippen LogP contribution in [0.3, 0.4) is 0 Å². The lowest BCUT2D eigenvalue weighted by Gasteiger charge is -2.27. The second kappa shape index (κ2) is 6.90. The molecule has 3 aliphatic rings. The summed E-state index contributed by atoms with van der Waals surface area (Å²) in [4.78, 5) is 39.1. The van der Waals surface area contributed by atoms with Gasteiger partial charge in [-0.25, -0.2) is 0 Å². The lowest BCUT2D eigenvalue weighted by molar-refractivity contribution is -0.151. The number of hydrogen-bond acceptors (Lipinski definition) is 7. The van der Waals surface area contributed by atoms with E-state index in [0.717, 1.165) is 6.42 Å². The first-order valence-corrected chi connectivity index (χ1v) is 10.9. The van der Waals surface area contributed by atoms with E-state index in [1.165, 1.54) is 12.1 Å². The van der Waals surface area contributed by atoms with Crippen molar-refractivity contribution >= 4 is 17.5 Å². The van der Waals surface area contributed by atoms with Crippen LogP contribution in [0, 0.1) is 5.92 Å². The fraction of sp³-hybridized carbons (Fsp3) is 0.400. The second-order valence-electron chi connectivity index (χ2n) is 9.07. The maximum Gasteiger partial charge on any atom is 0.306 e. The van der Waals surface area contributed by atoms with Crippen LogP contribution in [0.25, 0.3) is 11.1 Å². The fourth-order valence-corrected chi connectivity index (χ4v) is 4.85. The molecule has 4 atom stereocenters. The molecular formula is C25H24O7. The first kappa shape index (κ1) is 20.7. The highest BCUT2D eigenvalue weighted by atomic mass is 16.6. The van der Waals surface area contributed by atoms with Crippen LogP contribution in [-0.2, 0) is 14.3 Å². The van der Waals surface area contributed by atoms with E-state index in [-0.39, 0.29) is 57.1 Å². The molecule has 0 radical (unpaired) electrons. The molecule has 2 aromatic carbocycles. The van der Waals surface area contributed by atoms with Gasteiger partial charge < -0.3 is 19.7 Å². The second-order valence-corrected chi connectivity index (χ2v) is 9.07. The Morgan fingerprint density at radius 2 is 1.91 bits per heavy atom. The normalized spacial score (nSPS) is 25.5. The summed E-state index contributed by atoms with van der Waals surface area (Å²) in [5.41, 5.74) is -0.124. The van der Waals surface area contributed by atoms with Crippen molar-refractivity contribution in [3.63, 3.8) is 0 Å². The summed E-state index contributed by atoms with van der Waals surface area (Å²) in [6.07, 6.45) is 0.178. The number of hydrogen-bond donors (Lipinski definition) is 2. The Hall–Kier alpha value is -3.19. The van der Waals surface area contributed by atoms with Gasteiger partial charge in [-0.05, 0) is 31.4 Å². The summed E-state index contributed by atoms with van der Waals surface area (Å²) >= 11 is 0. The smallest absolute Gasteiger partial charge is 0.306 e. The molecule has 1 saturated heterocycles. The molecule has 0 saturated carbocycles. The van der Waals surface area contributed by atoms with Crippen LogP contribution in [-0.4, -0.2) is 39.5 Å². The van der Waals surface area contributed by atoms with Gasteiger partial charge in [0.05, 0.1) is 0 Å². The molecule has 0 spiro atoms. The van der Waals surface area contributed by atoms with E-state index in [4.69, 9.17) is 9.47 Å². The Balaban J connectivity index is 1.64. The molecule has 5 rings (SSSR count). The number of aromatic hydroxyl groups is 2. The predicted octanol–water partition coefficient (Wildman–Crippen LogP) is 4.07. The van der Waals surface area contributed by atoms with E-state index < -0.39 is 29.6 Å². The van der Waals surface area contributed by atoms with E-state index in [0.29, 0.717) is 12.3 Å². The minimum atomic E-state index is -1.16. The number of carbonyl (C=O) groups excluding carboxylic acids is 3. The lowest BCUT2D eigenvalue weighted by atomic mass is 9.78. The molecule has 0 amide bonds. The molecule has 0 bridgehead atoms. The third-order valence-corrected chi connectivity index (χ3v) is 7.02. The number of phenolic OH excluding ortho intramolecular Hbond substituents is 2. The van der Waals surface area contributed by atoms with Crippen LogP contribution in [0.5, 0.6) is 11.5 Å². The van der Waals surface area contributed by atoms with Gasteiger partial charge in [-0.15, -0.1) is 0 Å². The molecule has 7 heteroatoms. The van der Waals surface area contributed by atoms with Crippen LogP contribution in [0.2, 0.25) is 0 Å². The number of ketones is 2. The summed E-state index contributed by atoms with van der Waals surface area (Å²) in [7, 11) is 0. The number of ether oxygens (including phenoxy) is 2. The lowest BCUT2D eigenvalue weighted by Crippen LogP contribution is -2.36. The molecule has 7 nitrogen and oxygen atoms in total. The molecule has 0 aromatic heterocycles. The van der Waals surface area contributed by atoms with E-state index in [2.05, 4.69) is 13.8 Å². The quantitative estimate of drug-likeness (QED) is 0.458. The van der Waals surface area contributed by atoms with Crippen molar-refractivity contribution in [1.82, 2.24) is 0 Å². The van der Waals surface area contributed by atoms with Crippen LogP contribution in [0.1, 0.15) is 78.0 Å². The Labute approximate surface area is 185 Å². The molecule has 32 heavy (non-hydrogen) atoms. The van der Waals surface area contributed by atoms with Crippen LogP contribution < -0.4 is 0 Å². The predicted molar refractivity (Wildman–Crippen MR) is 114 cm³/mol. The largest absolute Gasteiger partial charge is 0.507 e. The van der Waals surface area contributed by atoms with Gasteiger partial charge in [0, 0.05) is 39.8 Å². The number of phenols is 2. The van der Waals surface area contributed by atoms with Gasteiger partial charge in [-0.3, -0.25) is 14.4 Å². The third-order valence-electron chi connectivity index (χ3n) is 7.02. The van der Waals surface area contributed by atoms with Gasteiger partial charge in [0.15, 0.2) is 23.3 Å². The van der Waals surface area contributed by atoms with Gasteiger partial charge in [0.1, 0.15) is 17.6 Å². The highest BCUT2D eigenvalue weighted by Gasteiger charge is 2.68. The van der Waals surface area contributed by atoms with Gasteiger partial charge >= 0.3 is 5.97 Å². The fourth-order valence-electron chi connectivity index (χ4n) is 4.85. The van der Waals surface area contributed by atoms with E-state index in [1.807, 2.05) is 0 Å². The summed E-state index contributed by atoms with van der Waals surface area (Å²) < 4.78 is 11.5. The highest BCUT2D eigenvalue weighted by Crippen LogP contribution is 2.58. The van der Waals surface area contributed by atoms with Crippen molar-refractivity contribution in [3.8, 4) is 22.6 Å².